The van der Waals surface area contributed by atoms with Crippen molar-refractivity contribution in [3.8, 4) is 11.5 Å². The Balaban J connectivity index is 2.02. The maximum absolute atomic E-state index is 11.9. The molecule has 1 N–H and O–H groups in total. The number of benzene rings is 1. The van der Waals surface area contributed by atoms with Crippen LogP contribution in [0, 0.1) is 13.8 Å². The number of nitrogens with one attached hydrogen (secondary N) is 1. The Morgan fingerprint density at radius 2 is 2.07 bits per heavy atom. The van der Waals surface area contributed by atoms with Gasteiger partial charge in [-0.1, -0.05) is 11.2 Å². The Hall–Kier alpha value is -2.80. The Kier molecular flexibility index (Phi) is 7.43. The van der Waals surface area contributed by atoms with E-state index in [-0.39, 0.29) is 11.9 Å². The lowest BCUT2D eigenvalue weighted by Crippen LogP contribution is -2.34. The minimum absolute atomic E-state index is 0.0539. The second kappa shape index (κ2) is 9.78. The van der Waals surface area contributed by atoms with Gasteiger partial charge < -0.3 is 24.1 Å². The molecule has 1 heterocycles. The molecule has 0 aliphatic heterocycles. The molecule has 1 aromatic heterocycles. The highest BCUT2D eigenvalue weighted by Gasteiger charge is 2.12. The number of carbonyl (C=O) groups excluding carboxylic acids is 1. The molecule has 0 aliphatic carbocycles. The molecule has 146 valence electrons. The van der Waals surface area contributed by atoms with Crippen molar-refractivity contribution >= 4 is 12.0 Å². The van der Waals surface area contributed by atoms with Gasteiger partial charge in [-0.2, -0.15) is 0 Å². The third-order valence-corrected chi connectivity index (χ3v) is 3.97. The first kappa shape index (κ1) is 20.5. The van der Waals surface area contributed by atoms with E-state index < -0.39 is 0 Å². The van der Waals surface area contributed by atoms with Crippen LogP contribution < -0.4 is 14.8 Å². The number of hydrogen-bond acceptors (Lipinski definition) is 6. The third kappa shape index (κ3) is 5.86. The van der Waals surface area contributed by atoms with Crippen molar-refractivity contribution in [2.24, 2.45) is 0 Å². The zero-order valence-electron chi connectivity index (χ0n) is 16.4. The van der Waals surface area contributed by atoms with E-state index in [9.17, 15) is 4.79 Å². The van der Waals surface area contributed by atoms with Crippen LogP contribution in [0.4, 0.5) is 0 Å². The van der Waals surface area contributed by atoms with Gasteiger partial charge in [-0.25, -0.2) is 0 Å². The van der Waals surface area contributed by atoms with Crippen molar-refractivity contribution < 1.29 is 23.5 Å². The predicted molar refractivity (Wildman–Crippen MR) is 102 cm³/mol. The fraction of sp³-hybridized carbons (Fsp3) is 0.400. The normalized spacial score (nSPS) is 12.2. The SMILES string of the molecule is COCC(C)NC(=O)/C=C/c1ccc(OCc2c(C)noc2C)c(OC)c1. The smallest absolute Gasteiger partial charge is 0.244 e. The molecule has 1 atom stereocenters. The first-order valence-corrected chi connectivity index (χ1v) is 8.64. The van der Waals surface area contributed by atoms with E-state index in [0.29, 0.717) is 24.7 Å². The zero-order chi connectivity index (χ0) is 19.8. The van der Waals surface area contributed by atoms with E-state index in [0.717, 1.165) is 22.6 Å². The largest absolute Gasteiger partial charge is 0.493 e. The fourth-order valence-electron chi connectivity index (χ4n) is 2.52. The number of aromatic nitrogens is 1. The number of rotatable bonds is 9. The number of nitrogens with zero attached hydrogens (tertiary/aromatic N) is 1. The van der Waals surface area contributed by atoms with Gasteiger partial charge in [0.2, 0.25) is 5.91 Å². The Morgan fingerprint density at radius 3 is 2.70 bits per heavy atom. The van der Waals surface area contributed by atoms with Crippen molar-refractivity contribution in [3.05, 3.63) is 46.9 Å². The molecule has 1 amide bonds. The van der Waals surface area contributed by atoms with Crippen LogP contribution in [0.3, 0.4) is 0 Å². The van der Waals surface area contributed by atoms with Gasteiger partial charge in [-0.3, -0.25) is 4.79 Å². The molecule has 0 radical (unpaired) electrons. The van der Waals surface area contributed by atoms with E-state index in [1.54, 1.807) is 20.3 Å². The molecule has 2 aromatic rings. The van der Waals surface area contributed by atoms with Crippen LogP contribution in [0.1, 0.15) is 29.5 Å². The molecule has 2 rings (SSSR count). The summed E-state index contributed by atoms with van der Waals surface area (Å²) in [7, 11) is 3.17. The molecule has 7 heteroatoms. The highest BCUT2D eigenvalue weighted by Crippen LogP contribution is 2.30. The third-order valence-electron chi connectivity index (χ3n) is 3.97. The van der Waals surface area contributed by atoms with E-state index in [4.69, 9.17) is 18.7 Å². The van der Waals surface area contributed by atoms with E-state index in [1.165, 1.54) is 6.08 Å². The van der Waals surface area contributed by atoms with Crippen LogP contribution in [-0.2, 0) is 16.1 Å². The van der Waals surface area contributed by atoms with Crippen molar-refractivity contribution in [1.29, 1.82) is 0 Å². The molecular weight excluding hydrogens is 348 g/mol. The van der Waals surface area contributed by atoms with Crippen molar-refractivity contribution in [3.63, 3.8) is 0 Å². The molecule has 1 unspecified atom stereocenters. The second-order valence-electron chi connectivity index (χ2n) is 6.20. The molecule has 0 saturated heterocycles. The number of ether oxygens (including phenoxy) is 3. The van der Waals surface area contributed by atoms with Gasteiger partial charge in [0.1, 0.15) is 12.4 Å². The summed E-state index contributed by atoms with van der Waals surface area (Å²) in [4.78, 5) is 11.9. The lowest BCUT2D eigenvalue weighted by atomic mass is 10.1. The van der Waals surface area contributed by atoms with Gasteiger partial charge in [-0.15, -0.1) is 0 Å². The van der Waals surface area contributed by atoms with E-state index in [2.05, 4.69) is 10.5 Å². The van der Waals surface area contributed by atoms with Gasteiger partial charge >= 0.3 is 0 Å². The highest BCUT2D eigenvalue weighted by molar-refractivity contribution is 5.92. The molecule has 0 saturated carbocycles. The number of aryl methyl sites for hydroxylation is 2. The van der Waals surface area contributed by atoms with Crippen LogP contribution in [-0.4, -0.2) is 37.9 Å². The second-order valence-corrected chi connectivity index (χ2v) is 6.20. The zero-order valence-corrected chi connectivity index (χ0v) is 16.4. The molecule has 0 fully saturated rings. The van der Waals surface area contributed by atoms with Crippen molar-refractivity contribution in [2.75, 3.05) is 20.8 Å². The number of hydrogen-bond donors (Lipinski definition) is 1. The Labute approximate surface area is 159 Å². The van der Waals surface area contributed by atoms with Crippen LogP contribution in [0.25, 0.3) is 6.08 Å². The minimum Gasteiger partial charge on any atom is -0.493 e. The van der Waals surface area contributed by atoms with Gasteiger partial charge in [0.05, 0.1) is 25.0 Å². The predicted octanol–water partition coefficient (Wildman–Crippen LogP) is 3.04. The maximum atomic E-state index is 11.9. The average Bonchev–Trinajstić information content (AvgIpc) is 2.96. The molecule has 1 aromatic carbocycles. The summed E-state index contributed by atoms with van der Waals surface area (Å²) in [6, 6.07) is 5.42. The Morgan fingerprint density at radius 1 is 1.30 bits per heavy atom. The van der Waals surface area contributed by atoms with Crippen LogP contribution >= 0.6 is 0 Å². The molecule has 0 aliphatic rings. The summed E-state index contributed by atoms with van der Waals surface area (Å²) in [5.41, 5.74) is 2.55. The van der Waals surface area contributed by atoms with Crippen molar-refractivity contribution in [2.45, 2.75) is 33.4 Å². The topological polar surface area (TPSA) is 82.8 Å². The Bertz CT molecular complexity index is 778. The monoisotopic (exact) mass is 374 g/mol. The lowest BCUT2D eigenvalue weighted by molar-refractivity contribution is -0.117. The number of carbonyl (C=O) groups is 1. The maximum Gasteiger partial charge on any atom is 0.244 e. The van der Waals surface area contributed by atoms with Crippen LogP contribution in [0.2, 0.25) is 0 Å². The van der Waals surface area contributed by atoms with Crippen LogP contribution in [0.5, 0.6) is 11.5 Å². The minimum atomic E-state index is -0.183. The molecule has 0 spiro atoms. The standard InChI is InChI=1S/C20H26N2O5/c1-13(11-24-4)21-20(23)9-7-16-6-8-18(19(10-16)25-5)26-12-17-14(2)22-27-15(17)3/h6-10,13H,11-12H2,1-5H3,(H,21,23)/b9-7+. The average molecular weight is 374 g/mol. The van der Waals surface area contributed by atoms with Crippen LogP contribution in [0.15, 0.2) is 28.8 Å². The summed E-state index contributed by atoms with van der Waals surface area (Å²) in [6.07, 6.45) is 3.20. The van der Waals surface area contributed by atoms with Gasteiger partial charge in [0, 0.05) is 19.2 Å². The first-order chi connectivity index (χ1) is 12.9. The van der Waals surface area contributed by atoms with Crippen molar-refractivity contribution in [1.82, 2.24) is 10.5 Å². The van der Waals surface area contributed by atoms with E-state index in [1.807, 2.05) is 39.0 Å². The quantitative estimate of drug-likeness (QED) is 0.679. The number of amides is 1. The highest BCUT2D eigenvalue weighted by atomic mass is 16.5. The summed E-state index contributed by atoms with van der Waals surface area (Å²) >= 11 is 0. The molecule has 27 heavy (non-hydrogen) atoms. The van der Waals surface area contributed by atoms with Gasteiger partial charge in [-0.05, 0) is 44.5 Å². The summed E-state index contributed by atoms with van der Waals surface area (Å²) < 4.78 is 21.4. The fourth-order valence-corrected chi connectivity index (χ4v) is 2.52. The van der Waals surface area contributed by atoms with Gasteiger partial charge in [0.15, 0.2) is 11.5 Å². The number of methoxy groups -OCH3 is 2. The van der Waals surface area contributed by atoms with Gasteiger partial charge in [0.25, 0.3) is 0 Å². The van der Waals surface area contributed by atoms with E-state index >= 15 is 0 Å². The molecule has 7 nitrogen and oxygen atoms in total. The first-order valence-electron chi connectivity index (χ1n) is 8.64. The summed E-state index contributed by atoms with van der Waals surface area (Å²) in [6.45, 7) is 6.40. The molecular formula is C20H26N2O5. The molecule has 0 bridgehead atoms. The lowest BCUT2D eigenvalue weighted by Gasteiger charge is -2.12. The summed E-state index contributed by atoms with van der Waals surface area (Å²) in [5, 5.41) is 6.73. The summed E-state index contributed by atoms with van der Waals surface area (Å²) in [5.74, 6) is 1.74.